The number of aliphatic carboxylic acids is 1. The number of rotatable bonds is 8. The zero-order valence-corrected chi connectivity index (χ0v) is 17.6. The predicted molar refractivity (Wildman–Crippen MR) is 112 cm³/mol. The van der Waals surface area contributed by atoms with Gasteiger partial charge in [0, 0.05) is 27.6 Å². The average Bonchev–Trinajstić information content (AvgIpc) is 3.15. The first-order valence-electron chi connectivity index (χ1n) is 8.57. The number of carbonyl (C=O) groups is 1. The standard InChI is InChI=1S/C20H16Cl2N2O4S/c1-2-18-23-24-20(28-18)29-17(19(25)26)10-13-9-14(21)7-8-16(13)27-11-12-5-3-4-6-15(12)22/h3-10H,2,11H2,1H3,(H,25,26)/b17-10-. The molecule has 3 aromatic rings. The molecule has 0 spiro atoms. The van der Waals surface area contributed by atoms with Crippen LogP contribution in [0.25, 0.3) is 6.08 Å². The molecule has 0 aliphatic carbocycles. The molecule has 0 amide bonds. The second-order valence-electron chi connectivity index (χ2n) is 5.79. The lowest BCUT2D eigenvalue weighted by Gasteiger charge is -2.11. The third kappa shape index (κ3) is 5.76. The molecule has 0 saturated heterocycles. The van der Waals surface area contributed by atoms with Crippen LogP contribution in [-0.4, -0.2) is 21.3 Å². The molecule has 0 saturated carbocycles. The molecule has 0 atom stereocenters. The number of aromatic nitrogens is 2. The molecule has 1 aromatic heterocycles. The van der Waals surface area contributed by atoms with Gasteiger partial charge in [0.25, 0.3) is 5.22 Å². The van der Waals surface area contributed by atoms with Gasteiger partial charge in [0.1, 0.15) is 17.3 Å². The SMILES string of the molecule is CCc1nnc(S/C(=C\c2cc(Cl)ccc2OCc2ccccc2Cl)C(=O)O)o1. The Morgan fingerprint density at radius 3 is 2.72 bits per heavy atom. The number of ether oxygens (including phenoxy) is 1. The topological polar surface area (TPSA) is 85.5 Å². The average molecular weight is 451 g/mol. The van der Waals surface area contributed by atoms with Crippen molar-refractivity contribution in [3.8, 4) is 5.75 Å². The van der Waals surface area contributed by atoms with Crippen LogP contribution in [0.2, 0.25) is 10.0 Å². The number of thioether (sulfide) groups is 1. The summed E-state index contributed by atoms with van der Waals surface area (Å²) in [6.45, 7) is 2.09. The summed E-state index contributed by atoms with van der Waals surface area (Å²) in [5.74, 6) is -0.236. The van der Waals surface area contributed by atoms with Gasteiger partial charge in [-0.25, -0.2) is 4.79 Å². The number of aryl methyl sites for hydroxylation is 1. The van der Waals surface area contributed by atoms with E-state index in [2.05, 4.69) is 10.2 Å². The van der Waals surface area contributed by atoms with Gasteiger partial charge in [-0.1, -0.05) is 48.3 Å². The van der Waals surface area contributed by atoms with Crippen LogP contribution in [0.3, 0.4) is 0 Å². The third-order valence-electron chi connectivity index (χ3n) is 3.76. The first-order chi connectivity index (χ1) is 14.0. The van der Waals surface area contributed by atoms with Crippen LogP contribution in [0.15, 0.2) is 57.0 Å². The van der Waals surface area contributed by atoms with Crippen molar-refractivity contribution >= 4 is 47.0 Å². The van der Waals surface area contributed by atoms with Gasteiger partial charge in [0.05, 0.1) is 0 Å². The molecule has 0 bridgehead atoms. The fourth-order valence-corrected chi connectivity index (χ4v) is 3.38. The molecular weight excluding hydrogens is 435 g/mol. The molecule has 0 aliphatic heterocycles. The number of carboxylic acid groups (broad SMARTS) is 1. The van der Waals surface area contributed by atoms with E-state index < -0.39 is 5.97 Å². The lowest BCUT2D eigenvalue weighted by atomic mass is 10.2. The molecule has 2 aromatic carbocycles. The minimum Gasteiger partial charge on any atom is -0.488 e. The number of hydrogen-bond acceptors (Lipinski definition) is 6. The molecule has 0 aliphatic rings. The maximum absolute atomic E-state index is 11.7. The second kappa shape index (κ2) is 9.82. The highest BCUT2D eigenvalue weighted by Gasteiger charge is 2.16. The number of hydrogen-bond donors (Lipinski definition) is 1. The Labute approximate surface area is 181 Å². The first-order valence-corrected chi connectivity index (χ1v) is 10.1. The first kappa shape index (κ1) is 21.2. The smallest absolute Gasteiger partial charge is 0.342 e. The van der Waals surface area contributed by atoms with Crippen molar-refractivity contribution in [3.63, 3.8) is 0 Å². The number of benzene rings is 2. The van der Waals surface area contributed by atoms with Gasteiger partial charge >= 0.3 is 5.97 Å². The molecular formula is C20H16Cl2N2O4S. The van der Waals surface area contributed by atoms with Gasteiger partial charge in [-0.15, -0.1) is 10.2 Å². The molecule has 29 heavy (non-hydrogen) atoms. The fraction of sp³-hybridized carbons (Fsp3) is 0.150. The van der Waals surface area contributed by atoms with E-state index in [4.69, 9.17) is 32.4 Å². The summed E-state index contributed by atoms with van der Waals surface area (Å²) >= 11 is 13.1. The van der Waals surface area contributed by atoms with Gasteiger partial charge in [0.15, 0.2) is 0 Å². The summed E-state index contributed by atoms with van der Waals surface area (Å²) in [4.78, 5) is 11.7. The summed E-state index contributed by atoms with van der Waals surface area (Å²) in [6, 6.07) is 12.3. The van der Waals surface area contributed by atoms with Crippen LogP contribution < -0.4 is 4.74 Å². The molecule has 1 heterocycles. The van der Waals surface area contributed by atoms with Gasteiger partial charge in [-0.05, 0) is 42.1 Å². The number of halogens is 2. The van der Waals surface area contributed by atoms with E-state index in [0.717, 1.165) is 17.3 Å². The van der Waals surface area contributed by atoms with Gasteiger partial charge in [0.2, 0.25) is 5.89 Å². The molecule has 0 radical (unpaired) electrons. The largest absolute Gasteiger partial charge is 0.488 e. The number of nitrogens with zero attached hydrogens (tertiary/aromatic N) is 2. The minimum absolute atomic E-state index is 0.0128. The van der Waals surface area contributed by atoms with Crippen LogP contribution in [0.1, 0.15) is 23.9 Å². The Morgan fingerprint density at radius 1 is 1.24 bits per heavy atom. The van der Waals surface area contributed by atoms with Crippen molar-refractivity contribution in [1.82, 2.24) is 10.2 Å². The van der Waals surface area contributed by atoms with E-state index in [0.29, 0.717) is 33.7 Å². The van der Waals surface area contributed by atoms with E-state index >= 15 is 0 Å². The number of carboxylic acids is 1. The molecule has 1 N–H and O–H groups in total. The Kier molecular flexibility index (Phi) is 7.19. The highest BCUT2D eigenvalue weighted by Crippen LogP contribution is 2.32. The molecule has 6 nitrogen and oxygen atoms in total. The van der Waals surface area contributed by atoms with E-state index in [1.807, 2.05) is 25.1 Å². The van der Waals surface area contributed by atoms with Crippen LogP contribution in [0.5, 0.6) is 5.75 Å². The van der Waals surface area contributed by atoms with Crippen LogP contribution in [-0.2, 0) is 17.8 Å². The summed E-state index contributed by atoms with van der Waals surface area (Å²) in [5, 5.41) is 18.5. The van der Waals surface area contributed by atoms with Crippen molar-refractivity contribution in [2.24, 2.45) is 0 Å². The highest BCUT2D eigenvalue weighted by molar-refractivity contribution is 8.03. The van der Waals surface area contributed by atoms with E-state index in [-0.39, 0.29) is 16.7 Å². The van der Waals surface area contributed by atoms with E-state index in [9.17, 15) is 9.90 Å². The van der Waals surface area contributed by atoms with Crippen LogP contribution >= 0.6 is 35.0 Å². The molecule has 3 rings (SSSR count). The zero-order valence-electron chi connectivity index (χ0n) is 15.3. The maximum atomic E-state index is 11.7. The van der Waals surface area contributed by atoms with E-state index in [1.165, 1.54) is 6.08 Å². The quantitative estimate of drug-likeness (QED) is 0.346. The summed E-state index contributed by atoms with van der Waals surface area (Å²) in [6.07, 6.45) is 2.02. The van der Waals surface area contributed by atoms with Gasteiger partial charge in [-0.3, -0.25) is 0 Å². The minimum atomic E-state index is -1.14. The van der Waals surface area contributed by atoms with Crippen LogP contribution in [0.4, 0.5) is 0 Å². The van der Waals surface area contributed by atoms with Gasteiger partial charge in [-0.2, -0.15) is 0 Å². The lowest BCUT2D eigenvalue weighted by Crippen LogP contribution is -2.00. The molecule has 150 valence electrons. The monoisotopic (exact) mass is 450 g/mol. The van der Waals surface area contributed by atoms with E-state index in [1.54, 1.807) is 24.3 Å². The molecule has 0 fully saturated rings. The normalized spacial score (nSPS) is 11.5. The van der Waals surface area contributed by atoms with Crippen molar-refractivity contribution < 1.29 is 19.1 Å². The molecule has 0 unspecified atom stereocenters. The Hall–Kier alpha value is -2.48. The highest BCUT2D eigenvalue weighted by atomic mass is 35.5. The Morgan fingerprint density at radius 2 is 2.03 bits per heavy atom. The summed E-state index contributed by atoms with van der Waals surface area (Å²) in [5.41, 5.74) is 1.31. The van der Waals surface area contributed by atoms with Crippen molar-refractivity contribution in [2.45, 2.75) is 25.2 Å². The third-order valence-corrected chi connectivity index (χ3v) is 5.21. The maximum Gasteiger partial charge on any atom is 0.342 e. The fourth-order valence-electron chi connectivity index (χ4n) is 2.33. The van der Waals surface area contributed by atoms with Crippen molar-refractivity contribution in [3.05, 3.63) is 74.4 Å². The summed E-state index contributed by atoms with van der Waals surface area (Å²) < 4.78 is 11.3. The van der Waals surface area contributed by atoms with Crippen LogP contribution in [0, 0.1) is 0 Å². The second-order valence-corrected chi connectivity index (χ2v) is 7.63. The summed E-state index contributed by atoms with van der Waals surface area (Å²) in [7, 11) is 0. The predicted octanol–water partition coefficient (Wildman–Crippen LogP) is 5.74. The Balaban J connectivity index is 1.87. The Bertz CT molecular complexity index is 1050. The molecule has 9 heteroatoms. The lowest BCUT2D eigenvalue weighted by molar-refractivity contribution is -0.131. The van der Waals surface area contributed by atoms with Crippen molar-refractivity contribution in [2.75, 3.05) is 0 Å². The zero-order chi connectivity index (χ0) is 20.8. The van der Waals surface area contributed by atoms with Gasteiger partial charge < -0.3 is 14.3 Å². The van der Waals surface area contributed by atoms with Crippen molar-refractivity contribution in [1.29, 1.82) is 0 Å².